The van der Waals surface area contributed by atoms with E-state index in [4.69, 9.17) is 4.74 Å². The van der Waals surface area contributed by atoms with Gasteiger partial charge in [-0.05, 0) is 58.5 Å². The highest BCUT2D eigenvalue weighted by Gasteiger charge is 2.15. The molecule has 0 unspecified atom stereocenters. The predicted octanol–water partition coefficient (Wildman–Crippen LogP) is 5.64. The molecule has 0 saturated carbocycles. The van der Waals surface area contributed by atoms with Crippen LogP contribution in [-0.4, -0.2) is 65.8 Å². The van der Waals surface area contributed by atoms with Crippen molar-refractivity contribution in [2.45, 2.75) is 13.3 Å². The van der Waals surface area contributed by atoms with Crippen molar-refractivity contribution >= 4 is 23.1 Å². The Bertz CT molecular complexity index is 1420. The Hall–Kier alpha value is -5.03. The van der Waals surface area contributed by atoms with Gasteiger partial charge in [0.1, 0.15) is 24.2 Å². The van der Waals surface area contributed by atoms with Crippen molar-refractivity contribution in [3.8, 4) is 17.6 Å². The molecule has 40 heavy (non-hydrogen) atoms. The first kappa shape index (κ1) is 29.5. The summed E-state index contributed by atoms with van der Waals surface area (Å²) in [6, 6.07) is 24.6. The number of amides is 2. The molecule has 8 nitrogen and oxygen atoms in total. The smallest absolute Gasteiger partial charge is 0.407 e. The van der Waals surface area contributed by atoms with E-state index in [2.05, 4.69) is 6.92 Å². The van der Waals surface area contributed by atoms with Crippen molar-refractivity contribution in [1.29, 1.82) is 5.26 Å². The van der Waals surface area contributed by atoms with Gasteiger partial charge < -0.3 is 24.7 Å². The number of carbonyl (C=O) groups is 2. The number of phenols is 1. The van der Waals surface area contributed by atoms with Crippen LogP contribution in [0.25, 0.3) is 11.1 Å². The molecule has 2 amide bonds. The number of carboxylic acid groups (broad SMARTS) is 1. The fourth-order valence-corrected chi connectivity index (χ4v) is 4.15. The van der Waals surface area contributed by atoms with E-state index in [0.29, 0.717) is 5.75 Å². The van der Waals surface area contributed by atoms with Gasteiger partial charge in [-0.15, -0.1) is 0 Å². The van der Waals surface area contributed by atoms with E-state index in [-0.39, 0.29) is 36.9 Å². The van der Waals surface area contributed by atoms with Crippen molar-refractivity contribution in [2.24, 2.45) is 0 Å². The first-order chi connectivity index (χ1) is 19.2. The molecule has 0 saturated heterocycles. The van der Waals surface area contributed by atoms with Crippen LogP contribution in [-0.2, 0) is 4.79 Å². The molecule has 8 heteroatoms. The van der Waals surface area contributed by atoms with Gasteiger partial charge in [0, 0.05) is 26.7 Å². The molecule has 3 aromatic rings. The molecule has 206 valence electrons. The summed E-state index contributed by atoms with van der Waals surface area (Å²) in [5, 5.41) is 29.0. The Kier molecular flexibility index (Phi) is 10.5. The van der Waals surface area contributed by atoms with Crippen molar-refractivity contribution in [2.75, 3.05) is 33.8 Å². The highest BCUT2D eigenvalue weighted by Crippen LogP contribution is 2.36. The summed E-state index contributed by atoms with van der Waals surface area (Å²) >= 11 is 0. The SMILES string of the molecule is CCC(=C(c1ccc(OCCN(CC=CC(=O)N(C)C)C(=O)O)cc1)c1ccc(O)c(C#N)c1)c1ccccc1. The quantitative estimate of drug-likeness (QED) is 0.241. The fourth-order valence-electron chi connectivity index (χ4n) is 4.15. The van der Waals surface area contributed by atoms with Gasteiger partial charge in [-0.2, -0.15) is 5.26 Å². The number of likely N-dealkylation sites (N-methyl/N-ethyl adjacent to an activating group) is 1. The Morgan fingerprint density at radius 2 is 1.65 bits per heavy atom. The second-order valence-corrected chi connectivity index (χ2v) is 9.15. The maximum atomic E-state index is 11.7. The molecule has 0 aliphatic heterocycles. The topological polar surface area (TPSA) is 114 Å². The largest absolute Gasteiger partial charge is 0.507 e. The zero-order valence-corrected chi connectivity index (χ0v) is 22.9. The molecule has 0 aromatic heterocycles. The van der Waals surface area contributed by atoms with E-state index in [1.54, 1.807) is 26.2 Å². The summed E-state index contributed by atoms with van der Waals surface area (Å²) in [7, 11) is 3.25. The lowest BCUT2D eigenvalue weighted by molar-refractivity contribution is -0.123. The van der Waals surface area contributed by atoms with Gasteiger partial charge in [0.25, 0.3) is 0 Å². The summed E-state index contributed by atoms with van der Waals surface area (Å²) < 4.78 is 5.82. The Balaban J connectivity index is 1.83. The zero-order valence-electron chi connectivity index (χ0n) is 22.9. The fraction of sp³-hybridized carbons (Fsp3) is 0.219. The molecule has 3 aromatic carbocycles. The van der Waals surface area contributed by atoms with E-state index >= 15 is 0 Å². The number of phenolic OH excluding ortho intramolecular Hbond substituents is 1. The molecule has 0 bridgehead atoms. The third-order valence-corrected chi connectivity index (χ3v) is 6.25. The van der Waals surface area contributed by atoms with Gasteiger partial charge in [0.15, 0.2) is 0 Å². The van der Waals surface area contributed by atoms with Gasteiger partial charge in [-0.1, -0.05) is 61.5 Å². The second-order valence-electron chi connectivity index (χ2n) is 9.15. The number of hydrogen-bond acceptors (Lipinski definition) is 5. The van der Waals surface area contributed by atoms with E-state index in [0.717, 1.165) is 34.3 Å². The third kappa shape index (κ3) is 7.74. The van der Waals surface area contributed by atoms with Gasteiger partial charge in [0.05, 0.1) is 12.1 Å². The highest BCUT2D eigenvalue weighted by molar-refractivity contribution is 5.99. The lowest BCUT2D eigenvalue weighted by atomic mass is 9.87. The van der Waals surface area contributed by atoms with Gasteiger partial charge in [-0.3, -0.25) is 4.79 Å². The maximum Gasteiger partial charge on any atom is 0.407 e. The molecular weight excluding hydrogens is 506 g/mol. The molecule has 0 aliphatic carbocycles. The minimum absolute atomic E-state index is 0.0673. The van der Waals surface area contributed by atoms with Crippen molar-refractivity contribution < 1.29 is 24.5 Å². The lowest BCUT2D eigenvalue weighted by Crippen LogP contribution is -2.33. The van der Waals surface area contributed by atoms with Crippen molar-refractivity contribution in [1.82, 2.24) is 9.80 Å². The van der Waals surface area contributed by atoms with Gasteiger partial charge >= 0.3 is 6.09 Å². The summed E-state index contributed by atoms with van der Waals surface area (Å²) in [5.74, 6) is 0.292. The second kappa shape index (κ2) is 14.2. The van der Waals surface area contributed by atoms with Crippen LogP contribution >= 0.6 is 0 Å². The number of rotatable bonds is 11. The van der Waals surface area contributed by atoms with Crippen LogP contribution in [0.1, 0.15) is 35.6 Å². The van der Waals surface area contributed by atoms with E-state index in [9.17, 15) is 25.1 Å². The normalized spacial score (nSPS) is 11.4. The van der Waals surface area contributed by atoms with E-state index in [1.165, 1.54) is 28.0 Å². The highest BCUT2D eigenvalue weighted by atomic mass is 16.5. The van der Waals surface area contributed by atoms with Crippen molar-refractivity contribution in [3.63, 3.8) is 0 Å². The lowest BCUT2D eigenvalue weighted by Gasteiger charge is -2.19. The monoisotopic (exact) mass is 539 g/mol. The number of nitriles is 1. The molecular formula is C32H33N3O5. The zero-order chi connectivity index (χ0) is 29.1. The summed E-state index contributed by atoms with van der Waals surface area (Å²) in [6.45, 7) is 2.41. The number of nitrogens with zero attached hydrogens (tertiary/aromatic N) is 3. The summed E-state index contributed by atoms with van der Waals surface area (Å²) in [5.41, 5.74) is 4.99. The van der Waals surface area contributed by atoms with E-state index < -0.39 is 6.09 Å². The molecule has 0 radical (unpaired) electrons. The average molecular weight is 540 g/mol. The van der Waals surface area contributed by atoms with Crippen LogP contribution in [0, 0.1) is 11.3 Å². The van der Waals surface area contributed by atoms with E-state index in [1.807, 2.05) is 60.7 Å². The van der Waals surface area contributed by atoms with Crippen LogP contribution in [0.4, 0.5) is 4.79 Å². The maximum absolute atomic E-state index is 11.7. The number of carbonyl (C=O) groups excluding carboxylic acids is 1. The van der Waals surface area contributed by atoms with Gasteiger partial charge in [0.2, 0.25) is 5.91 Å². The molecule has 0 fully saturated rings. The standard InChI is InChI=1S/C32H33N3O5/c1-4-28(23-9-6-5-7-10-23)31(25-14-17-29(36)26(21-25)22-33)24-12-15-27(16-13-24)40-20-19-35(32(38)39)18-8-11-30(37)34(2)3/h5-17,21,36H,4,18-20H2,1-3H3,(H,38,39). The molecule has 2 N–H and O–H groups in total. The number of allylic oxidation sites excluding steroid dienone is 1. The molecule has 3 rings (SSSR count). The minimum Gasteiger partial charge on any atom is -0.507 e. The summed E-state index contributed by atoms with van der Waals surface area (Å²) in [4.78, 5) is 25.8. The Morgan fingerprint density at radius 1 is 0.975 bits per heavy atom. The third-order valence-electron chi connectivity index (χ3n) is 6.25. The molecule has 0 spiro atoms. The number of aromatic hydroxyl groups is 1. The van der Waals surface area contributed by atoms with Crippen LogP contribution in [0.5, 0.6) is 11.5 Å². The Labute approximate surface area is 234 Å². The predicted molar refractivity (Wildman–Crippen MR) is 155 cm³/mol. The molecule has 0 heterocycles. The number of benzene rings is 3. The summed E-state index contributed by atoms with van der Waals surface area (Å²) in [6.07, 6.45) is 2.49. The first-order valence-electron chi connectivity index (χ1n) is 12.9. The van der Waals surface area contributed by atoms with Gasteiger partial charge in [-0.25, -0.2) is 4.79 Å². The average Bonchev–Trinajstić information content (AvgIpc) is 2.96. The van der Waals surface area contributed by atoms with Crippen molar-refractivity contribution in [3.05, 3.63) is 107 Å². The Morgan fingerprint density at radius 3 is 2.25 bits per heavy atom. The number of hydrogen-bond donors (Lipinski definition) is 2. The van der Waals surface area contributed by atoms with Crippen LogP contribution in [0.15, 0.2) is 84.9 Å². The van der Waals surface area contributed by atoms with Crippen LogP contribution < -0.4 is 4.74 Å². The number of ether oxygens (including phenoxy) is 1. The van der Waals surface area contributed by atoms with Crippen LogP contribution in [0.3, 0.4) is 0 Å². The minimum atomic E-state index is -1.10. The van der Waals surface area contributed by atoms with Crippen LogP contribution in [0.2, 0.25) is 0 Å². The first-order valence-corrected chi connectivity index (χ1v) is 12.9. The molecule has 0 atom stereocenters. The molecule has 0 aliphatic rings.